The van der Waals surface area contributed by atoms with Gasteiger partial charge in [-0.25, -0.2) is 13.6 Å². The molecule has 1 saturated heterocycles. The molecule has 3 N–H and O–H groups in total. The van der Waals surface area contributed by atoms with Gasteiger partial charge in [-0.15, -0.1) is 0 Å². The van der Waals surface area contributed by atoms with E-state index in [1.807, 2.05) is 12.1 Å². The molecule has 0 aliphatic carbocycles. The maximum Gasteiger partial charge on any atom is 0.238 e. The van der Waals surface area contributed by atoms with Crippen molar-refractivity contribution in [3.8, 4) is 0 Å². The topological polar surface area (TPSA) is 75.4 Å². The molecule has 0 atom stereocenters. The minimum absolute atomic E-state index is 0.161. The van der Waals surface area contributed by atoms with Crippen molar-refractivity contribution in [2.24, 2.45) is 5.14 Å². The van der Waals surface area contributed by atoms with Gasteiger partial charge in [0, 0.05) is 25.3 Å². The average molecular weight is 255 g/mol. The molecule has 17 heavy (non-hydrogen) atoms. The van der Waals surface area contributed by atoms with Gasteiger partial charge in [0.1, 0.15) is 0 Å². The molecule has 1 fully saturated rings. The molecule has 2 rings (SSSR count). The highest BCUT2D eigenvalue weighted by molar-refractivity contribution is 7.89. The van der Waals surface area contributed by atoms with Gasteiger partial charge in [-0.2, -0.15) is 0 Å². The van der Waals surface area contributed by atoms with Crippen molar-refractivity contribution in [2.75, 3.05) is 31.1 Å². The van der Waals surface area contributed by atoms with Crippen molar-refractivity contribution < 1.29 is 8.42 Å². The van der Waals surface area contributed by atoms with E-state index in [4.69, 9.17) is 5.14 Å². The summed E-state index contributed by atoms with van der Waals surface area (Å²) in [4.78, 5) is 2.40. The minimum atomic E-state index is -3.59. The molecule has 0 saturated carbocycles. The van der Waals surface area contributed by atoms with Crippen LogP contribution in [0.3, 0.4) is 0 Å². The van der Waals surface area contributed by atoms with E-state index in [1.54, 1.807) is 12.1 Å². The molecular weight excluding hydrogens is 238 g/mol. The van der Waals surface area contributed by atoms with Crippen LogP contribution in [0.15, 0.2) is 29.2 Å². The molecule has 1 aliphatic rings. The van der Waals surface area contributed by atoms with Gasteiger partial charge in [0.15, 0.2) is 0 Å². The second-order valence-corrected chi connectivity index (χ2v) is 5.69. The Hall–Kier alpha value is -1.11. The lowest BCUT2D eigenvalue weighted by molar-refractivity contribution is 0.598. The molecule has 1 aromatic rings. The van der Waals surface area contributed by atoms with Gasteiger partial charge in [0.05, 0.1) is 4.90 Å². The molecule has 0 unspecified atom stereocenters. The van der Waals surface area contributed by atoms with Crippen LogP contribution in [-0.4, -0.2) is 34.6 Å². The van der Waals surface area contributed by atoms with Crippen LogP contribution >= 0.6 is 0 Å². The summed E-state index contributed by atoms with van der Waals surface area (Å²) in [6.07, 6.45) is 1.09. The predicted molar refractivity (Wildman–Crippen MR) is 67.5 cm³/mol. The second-order valence-electron chi connectivity index (χ2n) is 4.13. The standard InChI is InChI=1S/C11H17N3O2S/c12-17(15,16)11-4-2-10(3-5-11)14-8-1-6-13-7-9-14/h2-5,13H,1,6-9H2,(H2,12,15,16). The fraction of sp³-hybridized carbons (Fsp3) is 0.455. The van der Waals surface area contributed by atoms with E-state index >= 15 is 0 Å². The number of nitrogens with one attached hydrogen (secondary N) is 1. The fourth-order valence-corrected chi connectivity index (χ4v) is 2.47. The molecule has 5 nitrogen and oxygen atoms in total. The van der Waals surface area contributed by atoms with E-state index in [2.05, 4.69) is 10.2 Å². The Morgan fingerprint density at radius 3 is 2.47 bits per heavy atom. The molecule has 6 heteroatoms. The Kier molecular flexibility index (Phi) is 3.66. The molecule has 0 radical (unpaired) electrons. The first-order valence-corrected chi connectivity index (χ1v) is 7.20. The van der Waals surface area contributed by atoms with Crippen LogP contribution in [0.1, 0.15) is 6.42 Å². The zero-order valence-electron chi connectivity index (χ0n) is 9.59. The van der Waals surface area contributed by atoms with Crippen LogP contribution in [0, 0.1) is 0 Å². The van der Waals surface area contributed by atoms with Crippen LogP contribution in [-0.2, 0) is 10.0 Å². The Morgan fingerprint density at radius 1 is 1.12 bits per heavy atom. The van der Waals surface area contributed by atoms with E-state index in [0.717, 1.165) is 38.3 Å². The Bertz CT molecular complexity index is 462. The van der Waals surface area contributed by atoms with Crippen molar-refractivity contribution in [2.45, 2.75) is 11.3 Å². The summed E-state index contributed by atoms with van der Waals surface area (Å²) in [6, 6.07) is 6.74. The van der Waals surface area contributed by atoms with E-state index in [9.17, 15) is 8.42 Å². The largest absolute Gasteiger partial charge is 0.370 e. The minimum Gasteiger partial charge on any atom is -0.370 e. The number of nitrogens with two attached hydrogens (primary N) is 1. The summed E-state index contributed by atoms with van der Waals surface area (Å²) in [5.41, 5.74) is 1.04. The quantitative estimate of drug-likeness (QED) is 0.788. The molecule has 0 bridgehead atoms. The number of anilines is 1. The smallest absolute Gasteiger partial charge is 0.238 e. The first-order valence-electron chi connectivity index (χ1n) is 5.66. The van der Waals surface area contributed by atoms with Crippen molar-refractivity contribution in [3.05, 3.63) is 24.3 Å². The summed E-state index contributed by atoms with van der Waals surface area (Å²) in [6.45, 7) is 3.92. The number of nitrogens with zero attached hydrogens (tertiary/aromatic N) is 1. The maximum absolute atomic E-state index is 11.1. The van der Waals surface area contributed by atoms with Gasteiger partial charge in [-0.05, 0) is 37.2 Å². The number of hydrogen-bond acceptors (Lipinski definition) is 4. The van der Waals surface area contributed by atoms with Gasteiger partial charge in [-0.3, -0.25) is 0 Å². The third kappa shape index (κ3) is 3.18. The average Bonchev–Trinajstić information content (AvgIpc) is 2.56. The molecule has 1 aromatic carbocycles. The summed E-state index contributed by atoms with van der Waals surface area (Å²) in [7, 11) is -3.59. The molecule has 0 amide bonds. The van der Waals surface area contributed by atoms with Gasteiger partial charge < -0.3 is 10.2 Å². The lowest BCUT2D eigenvalue weighted by atomic mass is 10.2. The highest BCUT2D eigenvalue weighted by atomic mass is 32.2. The Balaban J connectivity index is 2.17. The maximum atomic E-state index is 11.1. The molecule has 94 valence electrons. The predicted octanol–water partition coefficient (Wildman–Crippen LogP) is 0.134. The SMILES string of the molecule is NS(=O)(=O)c1ccc(N2CCCNCC2)cc1. The fourth-order valence-electron chi connectivity index (χ4n) is 1.95. The normalized spacial score (nSPS) is 17.8. The van der Waals surface area contributed by atoms with E-state index in [-0.39, 0.29) is 4.90 Å². The van der Waals surface area contributed by atoms with Gasteiger partial charge in [0.2, 0.25) is 10.0 Å². The second kappa shape index (κ2) is 5.03. The molecule has 0 spiro atoms. The summed E-state index contributed by atoms with van der Waals surface area (Å²) >= 11 is 0. The number of hydrogen-bond donors (Lipinski definition) is 2. The molecular formula is C11H17N3O2S. The third-order valence-corrected chi connectivity index (χ3v) is 3.80. The Morgan fingerprint density at radius 2 is 1.82 bits per heavy atom. The molecule has 0 aromatic heterocycles. The van der Waals surface area contributed by atoms with E-state index in [0.29, 0.717) is 0 Å². The Labute approximate surface area is 102 Å². The van der Waals surface area contributed by atoms with Crippen molar-refractivity contribution >= 4 is 15.7 Å². The molecule has 1 aliphatic heterocycles. The lowest BCUT2D eigenvalue weighted by Gasteiger charge is -2.22. The zero-order chi connectivity index (χ0) is 12.3. The van der Waals surface area contributed by atoms with E-state index in [1.165, 1.54) is 0 Å². The van der Waals surface area contributed by atoms with Crippen LogP contribution in [0.5, 0.6) is 0 Å². The van der Waals surface area contributed by atoms with Crippen molar-refractivity contribution in [1.29, 1.82) is 0 Å². The number of rotatable bonds is 2. The highest BCUT2D eigenvalue weighted by Crippen LogP contribution is 2.17. The number of benzene rings is 1. The summed E-state index contributed by atoms with van der Waals surface area (Å²) in [5.74, 6) is 0. The van der Waals surface area contributed by atoms with Gasteiger partial charge in [-0.1, -0.05) is 0 Å². The number of primary sulfonamides is 1. The monoisotopic (exact) mass is 255 g/mol. The lowest BCUT2D eigenvalue weighted by Crippen LogP contribution is -2.27. The van der Waals surface area contributed by atoms with Crippen LogP contribution in [0.25, 0.3) is 0 Å². The first-order chi connectivity index (χ1) is 8.07. The highest BCUT2D eigenvalue weighted by Gasteiger charge is 2.11. The zero-order valence-corrected chi connectivity index (χ0v) is 10.4. The molecule has 1 heterocycles. The third-order valence-electron chi connectivity index (χ3n) is 2.87. The first kappa shape index (κ1) is 12.3. The van der Waals surface area contributed by atoms with Gasteiger partial charge >= 0.3 is 0 Å². The summed E-state index contributed by atoms with van der Waals surface area (Å²) in [5, 5.41) is 8.38. The van der Waals surface area contributed by atoms with Crippen molar-refractivity contribution in [3.63, 3.8) is 0 Å². The van der Waals surface area contributed by atoms with Crippen LogP contribution in [0.4, 0.5) is 5.69 Å². The van der Waals surface area contributed by atoms with Crippen LogP contribution < -0.4 is 15.4 Å². The van der Waals surface area contributed by atoms with E-state index < -0.39 is 10.0 Å². The van der Waals surface area contributed by atoms with Gasteiger partial charge in [0.25, 0.3) is 0 Å². The number of sulfonamides is 1. The summed E-state index contributed by atoms with van der Waals surface area (Å²) < 4.78 is 22.3. The van der Waals surface area contributed by atoms with Crippen molar-refractivity contribution in [1.82, 2.24) is 5.32 Å². The van der Waals surface area contributed by atoms with Crippen LogP contribution in [0.2, 0.25) is 0 Å².